The molecule has 0 saturated heterocycles. The molecule has 3 nitrogen and oxygen atoms in total. The Bertz CT molecular complexity index is 1080. The number of halogens is 6. The number of nitrogens with zero attached hydrogens (tertiary/aromatic N) is 2. The largest absolute Gasteiger partial charge is 0.497 e. The van der Waals surface area contributed by atoms with Gasteiger partial charge in [-0.3, -0.25) is 0 Å². The zero-order valence-corrected chi connectivity index (χ0v) is 17.3. The summed E-state index contributed by atoms with van der Waals surface area (Å²) in [6, 6.07) is 9.05. The van der Waals surface area contributed by atoms with Crippen molar-refractivity contribution in [3.8, 4) is 5.75 Å². The minimum absolute atomic E-state index is 0.273. The molecule has 3 rings (SSSR count). The van der Waals surface area contributed by atoms with Gasteiger partial charge in [0, 0.05) is 5.57 Å². The molecule has 1 aliphatic rings. The fourth-order valence-electron chi connectivity index (χ4n) is 3.00. The number of hydrogen-bond donors (Lipinski definition) is 0. The predicted molar refractivity (Wildman–Crippen MR) is 112 cm³/mol. The number of benzene rings is 2. The maximum Gasteiger partial charge on any atom is 0.434 e. The van der Waals surface area contributed by atoms with Crippen LogP contribution in [-0.4, -0.2) is 30.9 Å². The zero-order chi connectivity index (χ0) is 23.7. The van der Waals surface area contributed by atoms with E-state index in [0.29, 0.717) is 22.4 Å². The minimum Gasteiger partial charge on any atom is -0.497 e. The van der Waals surface area contributed by atoms with E-state index in [1.54, 1.807) is 38.1 Å². The third-order valence-corrected chi connectivity index (χ3v) is 4.77. The van der Waals surface area contributed by atoms with Gasteiger partial charge in [-0.15, -0.1) is 0 Å². The number of allylic oxidation sites excluding steroid dienone is 3. The summed E-state index contributed by atoms with van der Waals surface area (Å²) in [5.74, 6) is 0.561. The molecule has 0 unspecified atom stereocenters. The van der Waals surface area contributed by atoms with Crippen molar-refractivity contribution in [2.75, 3.05) is 7.11 Å². The molecular weight excluding hydrogens is 434 g/mol. The summed E-state index contributed by atoms with van der Waals surface area (Å²) in [5, 5.41) is 0. The van der Waals surface area contributed by atoms with Crippen LogP contribution in [0.15, 0.2) is 64.1 Å². The van der Waals surface area contributed by atoms with Crippen LogP contribution >= 0.6 is 0 Å². The van der Waals surface area contributed by atoms with Crippen LogP contribution < -0.4 is 4.74 Å². The number of aryl methyl sites for hydroxylation is 2. The van der Waals surface area contributed by atoms with Crippen molar-refractivity contribution in [1.29, 1.82) is 0 Å². The van der Waals surface area contributed by atoms with E-state index >= 15 is 0 Å². The molecule has 0 aromatic heterocycles. The SMILES string of the molecule is COc1ccc(/C=C/C=C2C(C(F)(F)F)=Nc3cc(C)c(C)cc3N=C2C(F)(F)F)cc1. The lowest BCUT2D eigenvalue weighted by Gasteiger charge is -2.16. The van der Waals surface area contributed by atoms with Crippen LogP contribution in [0.2, 0.25) is 0 Å². The summed E-state index contributed by atoms with van der Waals surface area (Å²) >= 11 is 0. The quantitative estimate of drug-likeness (QED) is 0.452. The second-order valence-electron chi connectivity index (χ2n) is 7.05. The van der Waals surface area contributed by atoms with Crippen LogP contribution in [0, 0.1) is 13.8 Å². The van der Waals surface area contributed by atoms with Crippen LogP contribution in [0.25, 0.3) is 6.08 Å². The van der Waals surface area contributed by atoms with Gasteiger partial charge in [0.25, 0.3) is 0 Å². The van der Waals surface area contributed by atoms with Gasteiger partial charge in [-0.2, -0.15) is 26.3 Å². The molecule has 1 aliphatic heterocycles. The highest BCUT2D eigenvalue weighted by Gasteiger charge is 2.47. The van der Waals surface area contributed by atoms with Crippen LogP contribution in [0.5, 0.6) is 5.75 Å². The summed E-state index contributed by atoms with van der Waals surface area (Å²) in [4.78, 5) is 7.13. The zero-order valence-electron chi connectivity index (χ0n) is 17.3. The maximum atomic E-state index is 13.8. The maximum absolute atomic E-state index is 13.8. The van der Waals surface area contributed by atoms with E-state index in [0.717, 1.165) is 12.2 Å². The van der Waals surface area contributed by atoms with Gasteiger partial charge < -0.3 is 4.74 Å². The number of alkyl halides is 6. The Labute approximate surface area is 180 Å². The Morgan fingerprint density at radius 2 is 1.25 bits per heavy atom. The van der Waals surface area contributed by atoms with Gasteiger partial charge in [0.15, 0.2) is 11.4 Å². The highest BCUT2D eigenvalue weighted by atomic mass is 19.4. The summed E-state index contributed by atoms with van der Waals surface area (Å²) in [7, 11) is 1.47. The van der Waals surface area contributed by atoms with Gasteiger partial charge in [-0.05, 0) is 54.8 Å². The van der Waals surface area contributed by atoms with Gasteiger partial charge in [0.2, 0.25) is 0 Å². The van der Waals surface area contributed by atoms with Gasteiger partial charge in [0.1, 0.15) is 5.75 Å². The smallest absolute Gasteiger partial charge is 0.434 e. The lowest BCUT2D eigenvalue weighted by atomic mass is 10.0. The molecule has 0 amide bonds. The molecule has 9 heteroatoms. The Morgan fingerprint density at radius 1 is 0.781 bits per heavy atom. The molecule has 0 aliphatic carbocycles. The molecular formula is C23H18F6N2O. The lowest BCUT2D eigenvalue weighted by molar-refractivity contribution is -0.0612. The van der Waals surface area contributed by atoms with Crippen molar-refractivity contribution < 1.29 is 31.1 Å². The Kier molecular flexibility index (Phi) is 6.29. The molecule has 0 spiro atoms. The molecule has 0 atom stereocenters. The molecule has 1 heterocycles. The Hall–Kier alpha value is -3.36. The van der Waals surface area contributed by atoms with E-state index in [1.165, 1.54) is 25.3 Å². The van der Waals surface area contributed by atoms with E-state index < -0.39 is 29.3 Å². The van der Waals surface area contributed by atoms with Gasteiger partial charge >= 0.3 is 12.4 Å². The third kappa shape index (κ3) is 5.09. The first kappa shape index (κ1) is 23.3. The highest BCUT2D eigenvalue weighted by molar-refractivity contribution is 6.30. The summed E-state index contributed by atoms with van der Waals surface area (Å²) in [6.45, 7) is 3.26. The van der Waals surface area contributed by atoms with Gasteiger partial charge in [-0.25, -0.2) is 9.98 Å². The van der Waals surface area contributed by atoms with E-state index in [1.807, 2.05) is 0 Å². The molecule has 168 valence electrons. The fourth-order valence-corrected chi connectivity index (χ4v) is 3.00. The number of rotatable bonds is 3. The average Bonchev–Trinajstić information content (AvgIpc) is 2.86. The van der Waals surface area contributed by atoms with Crippen molar-refractivity contribution in [2.45, 2.75) is 26.2 Å². The average molecular weight is 452 g/mol. The first-order valence-electron chi connectivity index (χ1n) is 9.36. The summed E-state index contributed by atoms with van der Waals surface area (Å²) in [5.41, 5.74) is -3.28. The summed E-state index contributed by atoms with van der Waals surface area (Å²) < 4.78 is 87.9. The van der Waals surface area contributed by atoms with Crippen LogP contribution in [-0.2, 0) is 0 Å². The second kappa shape index (κ2) is 8.64. The van der Waals surface area contributed by atoms with Crippen LogP contribution in [0.4, 0.5) is 37.7 Å². The van der Waals surface area contributed by atoms with Crippen molar-refractivity contribution in [1.82, 2.24) is 0 Å². The molecule has 0 fully saturated rings. The topological polar surface area (TPSA) is 34.0 Å². The van der Waals surface area contributed by atoms with Gasteiger partial charge in [-0.1, -0.05) is 30.4 Å². The molecule has 32 heavy (non-hydrogen) atoms. The molecule has 0 bridgehead atoms. The van der Waals surface area contributed by atoms with Gasteiger partial charge in [0.05, 0.1) is 18.5 Å². The van der Waals surface area contributed by atoms with Crippen LogP contribution in [0.3, 0.4) is 0 Å². The van der Waals surface area contributed by atoms with E-state index in [4.69, 9.17) is 4.74 Å². The summed E-state index contributed by atoms with van der Waals surface area (Å²) in [6.07, 6.45) is -7.06. The number of aliphatic imine (C=N–C) groups is 2. The normalized spacial score (nSPS) is 14.6. The van der Waals surface area contributed by atoms with Crippen molar-refractivity contribution >= 4 is 28.9 Å². The minimum atomic E-state index is -5.13. The molecule has 2 aromatic carbocycles. The van der Waals surface area contributed by atoms with E-state index in [-0.39, 0.29) is 11.4 Å². The Morgan fingerprint density at radius 3 is 1.66 bits per heavy atom. The Balaban J connectivity index is 2.19. The monoisotopic (exact) mass is 452 g/mol. The number of ether oxygens (including phenoxy) is 1. The standard InChI is InChI=1S/C23H18F6N2O/c1-13-11-18-19(12-14(13)2)31-21(23(27,28)29)17(20(30-18)22(24,25)26)6-4-5-15-7-9-16(32-3)10-8-15/h4-12H,1-3H3/b5-4+. The first-order valence-corrected chi connectivity index (χ1v) is 9.36. The van der Waals surface area contributed by atoms with Crippen molar-refractivity contribution in [3.05, 3.63) is 70.8 Å². The van der Waals surface area contributed by atoms with Crippen LogP contribution in [0.1, 0.15) is 16.7 Å². The predicted octanol–water partition coefficient (Wildman–Crippen LogP) is 7.24. The second-order valence-corrected chi connectivity index (χ2v) is 7.05. The molecule has 2 aromatic rings. The molecule has 0 N–H and O–H groups in total. The first-order chi connectivity index (χ1) is 14.9. The third-order valence-electron chi connectivity index (χ3n) is 4.77. The van der Waals surface area contributed by atoms with Crippen molar-refractivity contribution in [2.24, 2.45) is 9.98 Å². The number of hydrogen-bond acceptors (Lipinski definition) is 3. The number of fused-ring (bicyclic) bond motifs is 1. The number of methoxy groups -OCH3 is 1. The van der Waals surface area contributed by atoms with Crippen molar-refractivity contribution in [3.63, 3.8) is 0 Å². The highest BCUT2D eigenvalue weighted by Crippen LogP contribution is 2.40. The lowest BCUT2D eigenvalue weighted by Crippen LogP contribution is -2.34. The van der Waals surface area contributed by atoms with E-state index in [2.05, 4.69) is 9.98 Å². The molecule has 0 saturated carbocycles. The van der Waals surface area contributed by atoms with E-state index in [9.17, 15) is 26.3 Å². The molecule has 0 radical (unpaired) electrons. The fraction of sp³-hybridized carbons (Fsp3) is 0.217.